The van der Waals surface area contributed by atoms with E-state index in [-0.39, 0.29) is 18.7 Å². The Balaban J connectivity index is 2.06. The van der Waals surface area contributed by atoms with Crippen LogP contribution in [0.15, 0.2) is 29.3 Å². The van der Waals surface area contributed by atoms with Gasteiger partial charge in [0.15, 0.2) is 0 Å². The van der Waals surface area contributed by atoms with Gasteiger partial charge in [-0.1, -0.05) is 0 Å². The number of alkyl halides is 3. The summed E-state index contributed by atoms with van der Waals surface area (Å²) in [6, 6.07) is 5.51. The average molecular weight is 372 g/mol. The normalized spacial score (nSPS) is 15.5. The molecule has 7 heteroatoms. The van der Waals surface area contributed by atoms with Crippen LogP contribution in [0.25, 0.3) is 11.1 Å². The summed E-state index contributed by atoms with van der Waals surface area (Å²) in [5, 5.41) is 0. The van der Waals surface area contributed by atoms with E-state index in [2.05, 4.69) is 4.99 Å². The van der Waals surface area contributed by atoms with Crippen molar-refractivity contribution in [1.29, 1.82) is 0 Å². The predicted octanol–water partition coefficient (Wildman–Crippen LogP) is 4.16. The fourth-order valence-electron chi connectivity index (χ4n) is 3.71. The molecule has 4 rings (SSSR count). The number of fused-ring (bicyclic) bond motifs is 2. The maximum absolute atomic E-state index is 13.4. The zero-order valence-electron chi connectivity index (χ0n) is 14.6. The molecule has 0 N–H and O–H groups in total. The molecule has 0 fully saturated rings. The molecular formula is C20H15F3N2O2. The number of ketones is 1. The number of rotatable bonds is 2. The summed E-state index contributed by atoms with van der Waals surface area (Å²) in [6.07, 6.45) is -2.95. The van der Waals surface area contributed by atoms with Crippen molar-refractivity contribution >= 4 is 23.6 Å². The Morgan fingerprint density at radius 2 is 1.78 bits per heavy atom. The number of likely N-dealkylation sites (N-methyl/N-ethyl adjacent to an activating group) is 1. The number of halogens is 3. The summed E-state index contributed by atoms with van der Waals surface area (Å²) < 4.78 is 40.2. The van der Waals surface area contributed by atoms with Gasteiger partial charge in [0.05, 0.1) is 23.4 Å². The third kappa shape index (κ3) is 2.57. The van der Waals surface area contributed by atoms with Crippen molar-refractivity contribution in [3.05, 3.63) is 52.1 Å². The molecule has 2 aromatic rings. The van der Waals surface area contributed by atoms with Gasteiger partial charge in [-0.25, -0.2) is 0 Å². The van der Waals surface area contributed by atoms with E-state index in [1.54, 1.807) is 32.2 Å². The van der Waals surface area contributed by atoms with E-state index in [0.717, 1.165) is 12.1 Å². The minimum absolute atomic E-state index is 0.176. The molecular weight excluding hydrogens is 357 g/mol. The molecule has 0 atom stereocenters. The second-order valence-corrected chi connectivity index (χ2v) is 6.65. The maximum atomic E-state index is 13.4. The van der Waals surface area contributed by atoms with E-state index in [1.807, 2.05) is 0 Å². The first-order valence-corrected chi connectivity index (χ1v) is 8.47. The van der Waals surface area contributed by atoms with Crippen LogP contribution in [-0.2, 0) is 17.5 Å². The fourth-order valence-corrected chi connectivity index (χ4v) is 3.71. The standard InChI is InChI=1S/C20H15F3N2O2/c1-3-25-17-14(4-10(2)5-15(17)18(26)19(25)27)13-7-12(20(21,22)23)6-11-8-24-9-16(11)13/h4-7,9H,3,8H2,1-2H3. The Bertz CT molecular complexity index is 1040. The summed E-state index contributed by atoms with van der Waals surface area (Å²) in [7, 11) is 0. The average Bonchev–Trinajstić information content (AvgIpc) is 3.17. The van der Waals surface area contributed by atoms with Crippen LogP contribution in [0.1, 0.15) is 39.5 Å². The Labute approximate surface area is 153 Å². The second kappa shape index (κ2) is 5.77. The molecule has 2 aliphatic heterocycles. The number of anilines is 1. The minimum atomic E-state index is -4.50. The molecule has 0 bridgehead atoms. The summed E-state index contributed by atoms with van der Waals surface area (Å²) in [5.41, 5.74) is 2.40. The van der Waals surface area contributed by atoms with Gasteiger partial charge in [-0.2, -0.15) is 13.2 Å². The van der Waals surface area contributed by atoms with Gasteiger partial charge in [0.25, 0.3) is 11.7 Å². The van der Waals surface area contributed by atoms with Gasteiger partial charge in [0, 0.05) is 23.9 Å². The molecule has 2 aromatic carbocycles. The molecule has 1 amide bonds. The van der Waals surface area contributed by atoms with Crippen molar-refractivity contribution in [2.45, 2.75) is 26.6 Å². The molecule has 0 aliphatic carbocycles. The van der Waals surface area contributed by atoms with Gasteiger partial charge in [-0.05, 0) is 54.8 Å². The number of benzene rings is 2. The minimum Gasteiger partial charge on any atom is -0.304 e. The van der Waals surface area contributed by atoms with Crippen LogP contribution < -0.4 is 4.90 Å². The van der Waals surface area contributed by atoms with Crippen LogP contribution in [0.4, 0.5) is 18.9 Å². The van der Waals surface area contributed by atoms with Gasteiger partial charge < -0.3 is 4.90 Å². The highest BCUT2D eigenvalue weighted by atomic mass is 19.4. The molecule has 0 unspecified atom stereocenters. The van der Waals surface area contributed by atoms with Crippen molar-refractivity contribution < 1.29 is 22.8 Å². The zero-order valence-corrected chi connectivity index (χ0v) is 14.6. The van der Waals surface area contributed by atoms with Gasteiger partial charge in [0.1, 0.15) is 0 Å². The Hall–Kier alpha value is -2.96. The Morgan fingerprint density at radius 1 is 1.07 bits per heavy atom. The van der Waals surface area contributed by atoms with Crippen LogP contribution in [0.3, 0.4) is 0 Å². The Kier molecular flexibility index (Phi) is 3.73. The third-order valence-electron chi connectivity index (χ3n) is 4.89. The largest absolute Gasteiger partial charge is 0.416 e. The van der Waals surface area contributed by atoms with E-state index in [1.165, 1.54) is 4.90 Å². The van der Waals surface area contributed by atoms with Crippen molar-refractivity contribution in [3.8, 4) is 11.1 Å². The first-order valence-electron chi connectivity index (χ1n) is 8.47. The van der Waals surface area contributed by atoms with Crippen molar-refractivity contribution in [2.24, 2.45) is 4.99 Å². The number of nitrogens with zero attached hydrogens (tertiary/aromatic N) is 2. The van der Waals surface area contributed by atoms with Gasteiger partial charge in [-0.3, -0.25) is 14.6 Å². The summed E-state index contributed by atoms with van der Waals surface area (Å²) in [6.45, 7) is 3.90. The smallest absolute Gasteiger partial charge is 0.304 e. The number of hydrogen-bond donors (Lipinski definition) is 0. The van der Waals surface area contributed by atoms with Crippen molar-refractivity contribution in [3.63, 3.8) is 0 Å². The highest BCUT2D eigenvalue weighted by Gasteiger charge is 2.39. The lowest BCUT2D eigenvalue weighted by atomic mass is 9.90. The molecule has 27 heavy (non-hydrogen) atoms. The van der Waals surface area contributed by atoms with Gasteiger partial charge >= 0.3 is 6.18 Å². The number of amides is 1. The van der Waals surface area contributed by atoms with E-state index in [0.29, 0.717) is 33.5 Å². The first kappa shape index (κ1) is 17.5. The van der Waals surface area contributed by atoms with Crippen molar-refractivity contribution in [2.75, 3.05) is 11.4 Å². The van der Waals surface area contributed by atoms with E-state index in [9.17, 15) is 22.8 Å². The number of aliphatic imine (C=N–C) groups is 1. The van der Waals surface area contributed by atoms with Gasteiger partial charge in [-0.15, -0.1) is 0 Å². The predicted molar refractivity (Wildman–Crippen MR) is 95.3 cm³/mol. The lowest BCUT2D eigenvalue weighted by Crippen LogP contribution is -2.29. The van der Waals surface area contributed by atoms with Crippen LogP contribution in [-0.4, -0.2) is 24.4 Å². The zero-order chi connectivity index (χ0) is 19.5. The number of hydrogen-bond acceptors (Lipinski definition) is 3. The molecule has 0 radical (unpaired) electrons. The molecule has 138 valence electrons. The maximum Gasteiger partial charge on any atom is 0.416 e. The molecule has 2 heterocycles. The lowest BCUT2D eigenvalue weighted by molar-refractivity contribution is -0.137. The monoisotopic (exact) mass is 372 g/mol. The number of Topliss-reactive ketones (excluding diaryl/α,β-unsaturated/α-hetero) is 1. The first-order chi connectivity index (χ1) is 12.7. The van der Waals surface area contributed by atoms with Gasteiger partial charge in [0.2, 0.25) is 0 Å². The van der Waals surface area contributed by atoms with Crippen molar-refractivity contribution in [1.82, 2.24) is 0 Å². The number of aryl methyl sites for hydroxylation is 1. The Morgan fingerprint density at radius 3 is 2.44 bits per heavy atom. The van der Waals surface area contributed by atoms with E-state index >= 15 is 0 Å². The van der Waals surface area contributed by atoms with E-state index < -0.39 is 23.4 Å². The molecule has 0 spiro atoms. The summed E-state index contributed by atoms with van der Waals surface area (Å²) in [5.74, 6) is -1.29. The van der Waals surface area contributed by atoms with Crippen LogP contribution in [0.2, 0.25) is 0 Å². The molecule has 0 aromatic heterocycles. The highest BCUT2D eigenvalue weighted by molar-refractivity contribution is 6.53. The molecule has 4 nitrogen and oxygen atoms in total. The molecule has 0 saturated heterocycles. The third-order valence-corrected chi connectivity index (χ3v) is 4.89. The van der Waals surface area contributed by atoms with Crippen LogP contribution in [0.5, 0.6) is 0 Å². The molecule has 2 aliphatic rings. The lowest BCUT2D eigenvalue weighted by Gasteiger charge is -2.21. The second-order valence-electron chi connectivity index (χ2n) is 6.65. The van der Waals surface area contributed by atoms with Crippen LogP contribution >= 0.6 is 0 Å². The number of carbonyl (C=O) groups excluding carboxylic acids is 2. The fraction of sp³-hybridized carbons (Fsp3) is 0.250. The topological polar surface area (TPSA) is 49.7 Å². The number of carbonyl (C=O) groups is 2. The SMILES string of the molecule is CCN1C(=O)C(=O)c2cc(C)cc(-c3cc(C(F)(F)F)cc4c3C=NC4)c21. The van der Waals surface area contributed by atoms with Crippen LogP contribution in [0, 0.1) is 6.92 Å². The quantitative estimate of drug-likeness (QED) is 0.743. The highest BCUT2D eigenvalue weighted by Crippen LogP contribution is 2.44. The van der Waals surface area contributed by atoms with E-state index in [4.69, 9.17) is 0 Å². The molecule has 0 saturated carbocycles. The summed E-state index contributed by atoms with van der Waals surface area (Å²) >= 11 is 0. The summed E-state index contributed by atoms with van der Waals surface area (Å²) in [4.78, 5) is 30.1.